The molecule has 0 spiro atoms. The topological polar surface area (TPSA) is 113 Å². The predicted molar refractivity (Wildman–Crippen MR) is 89.2 cm³/mol. The SMILES string of the molecule is C[C@H](NS(=O)(=O)c1ccccc1[N+](=O)[O-])[C@@H]1CCCN1CCCO. The third-order valence-corrected chi connectivity index (χ3v) is 5.89. The van der Waals surface area contributed by atoms with Crippen molar-refractivity contribution in [3.8, 4) is 0 Å². The second-order valence-corrected chi connectivity index (χ2v) is 7.64. The summed E-state index contributed by atoms with van der Waals surface area (Å²) in [4.78, 5) is 12.2. The van der Waals surface area contributed by atoms with Crippen LogP contribution in [0.2, 0.25) is 0 Å². The van der Waals surface area contributed by atoms with Gasteiger partial charge in [0.2, 0.25) is 10.0 Å². The van der Waals surface area contributed by atoms with Gasteiger partial charge in [0.25, 0.3) is 5.69 Å². The van der Waals surface area contributed by atoms with Crippen LogP contribution in [0.3, 0.4) is 0 Å². The number of hydrogen-bond donors (Lipinski definition) is 2. The zero-order valence-electron chi connectivity index (χ0n) is 13.6. The average molecular weight is 357 g/mol. The van der Waals surface area contributed by atoms with E-state index in [0.717, 1.165) is 19.4 Å². The molecule has 0 amide bonds. The van der Waals surface area contributed by atoms with Gasteiger partial charge >= 0.3 is 0 Å². The summed E-state index contributed by atoms with van der Waals surface area (Å²) in [6.45, 7) is 3.44. The van der Waals surface area contributed by atoms with E-state index in [0.29, 0.717) is 13.0 Å². The van der Waals surface area contributed by atoms with Crippen LogP contribution in [0.4, 0.5) is 5.69 Å². The van der Waals surface area contributed by atoms with Crippen molar-refractivity contribution in [3.05, 3.63) is 34.4 Å². The summed E-state index contributed by atoms with van der Waals surface area (Å²) in [5.41, 5.74) is -0.430. The number of nitrogens with zero attached hydrogens (tertiary/aromatic N) is 2. The molecule has 0 bridgehead atoms. The van der Waals surface area contributed by atoms with Crippen LogP contribution in [0.25, 0.3) is 0 Å². The number of nitrogens with one attached hydrogen (secondary N) is 1. The number of likely N-dealkylation sites (tertiary alicyclic amines) is 1. The fourth-order valence-corrected chi connectivity index (χ4v) is 4.64. The molecular weight excluding hydrogens is 334 g/mol. The molecule has 1 aliphatic rings. The Labute approximate surface area is 141 Å². The Balaban J connectivity index is 2.15. The largest absolute Gasteiger partial charge is 0.396 e. The number of aliphatic hydroxyl groups is 1. The molecule has 2 rings (SSSR count). The van der Waals surface area contributed by atoms with Gasteiger partial charge in [-0.2, -0.15) is 0 Å². The van der Waals surface area contributed by atoms with E-state index in [2.05, 4.69) is 9.62 Å². The van der Waals surface area contributed by atoms with Crippen LogP contribution in [0.1, 0.15) is 26.2 Å². The molecule has 1 aliphatic heterocycles. The third-order valence-electron chi connectivity index (χ3n) is 4.29. The molecule has 8 nitrogen and oxygen atoms in total. The van der Waals surface area contributed by atoms with Crippen molar-refractivity contribution in [3.63, 3.8) is 0 Å². The number of aliphatic hydroxyl groups excluding tert-OH is 1. The molecule has 1 fully saturated rings. The zero-order valence-corrected chi connectivity index (χ0v) is 14.4. The Bertz CT molecular complexity index is 679. The summed E-state index contributed by atoms with van der Waals surface area (Å²) in [6, 6.07) is 4.97. The summed E-state index contributed by atoms with van der Waals surface area (Å²) in [6.07, 6.45) is 2.46. The molecule has 0 saturated carbocycles. The Morgan fingerprint density at radius 2 is 2.17 bits per heavy atom. The number of para-hydroxylation sites is 1. The molecule has 24 heavy (non-hydrogen) atoms. The first-order valence-electron chi connectivity index (χ1n) is 7.97. The van der Waals surface area contributed by atoms with Crippen molar-refractivity contribution in [2.24, 2.45) is 0 Å². The average Bonchev–Trinajstić information content (AvgIpc) is 3.01. The Morgan fingerprint density at radius 1 is 1.46 bits per heavy atom. The van der Waals surface area contributed by atoms with Gasteiger partial charge in [-0.1, -0.05) is 12.1 Å². The van der Waals surface area contributed by atoms with E-state index in [4.69, 9.17) is 5.11 Å². The predicted octanol–water partition coefficient (Wildman–Crippen LogP) is 1.11. The smallest absolute Gasteiger partial charge is 0.289 e. The highest BCUT2D eigenvalue weighted by atomic mass is 32.2. The molecule has 9 heteroatoms. The molecule has 2 N–H and O–H groups in total. The van der Waals surface area contributed by atoms with Crippen LogP contribution in [-0.2, 0) is 10.0 Å². The maximum atomic E-state index is 12.6. The van der Waals surface area contributed by atoms with Gasteiger partial charge in [-0.05, 0) is 38.8 Å². The van der Waals surface area contributed by atoms with E-state index in [1.165, 1.54) is 24.3 Å². The van der Waals surface area contributed by atoms with Crippen LogP contribution >= 0.6 is 0 Å². The Morgan fingerprint density at radius 3 is 2.83 bits per heavy atom. The summed E-state index contributed by atoms with van der Waals surface area (Å²) in [5.74, 6) is 0. The highest BCUT2D eigenvalue weighted by Crippen LogP contribution is 2.25. The van der Waals surface area contributed by atoms with Crippen LogP contribution in [0.5, 0.6) is 0 Å². The minimum absolute atomic E-state index is 0.0223. The second kappa shape index (κ2) is 8.02. The van der Waals surface area contributed by atoms with E-state index in [1.54, 1.807) is 6.92 Å². The molecule has 0 radical (unpaired) electrons. The standard InChI is InChI=1S/C15H23N3O5S/c1-12(13-7-4-9-17(13)10-5-11-19)16-24(22,23)15-8-3-2-6-14(15)18(20)21/h2-3,6,8,12-13,16,19H,4-5,7,9-11H2,1H3/t12-,13-/m0/s1. The fourth-order valence-electron chi connectivity index (χ4n) is 3.19. The van der Waals surface area contributed by atoms with Crippen molar-refractivity contribution in [1.82, 2.24) is 9.62 Å². The zero-order chi connectivity index (χ0) is 17.7. The molecule has 0 aliphatic carbocycles. The van der Waals surface area contributed by atoms with E-state index < -0.39 is 20.6 Å². The van der Waals surface area contributed by atoms with Gasteiger partial charge in [0, 0.05) is 31.3 Å². The van der Waals surface area contributed by atoms with E-state index >= 15 is 0 Å². The number of rotatable bonds is 8. The van der Waals surface area contributed by atoms with Crippen molar-refractivity contribution in [2.45, 2.75) is 43.2 Å². The van der Waals surface area contributed by atoms with E-state index in [9.17, 15) is 18.5 Å². The number of hydrogen-bond acceptors (Lipinski definition) is 6. The molecular formula is C15H23N3O5S. The molecule has 0 aromatic heterocycles. The minimum atomic E-state index is -3.98. The van der Waals surface area contributed by atoms with E-state index in [-0.39, 0.29) is 23.6 Å². The van der Waals surface area contributed by atoms with Gasteiger partial charge in [-0.25, -0.2) is 13.1 Å². The normalized spacial score (nSPS) is 20.2. The first-order valence-corrected chi connectivity index (χ1v) is 9.46. The lowest BCUT2D eigenvalue weighted by Gasteiger charge is -2.29. The van der Waals surface area contributed by atoms with Gasteiger partial charge < -0.3 is 5.11 Å². The quantitative estimate of drug-likeness (QED) is 0.532. The number of sulfonamides is 1. The highest BCUT2D eigenvalue weighted by Gasteiger charge is 2.33. The van der Waals surface area contributed by atoms with Gasteiger partial charge in [0.1, 0.15) is 0 Å². The summed E-state index contributed by atoms with van der Waals surface area (Å²) in [7, 11) is -3.98. The minimum Gasteiger partial charge on any atom is -0.396 e. The molecule has 1 saturated heterocycles. The first-order chi connectivity index (χ1) is 11.4. The maximum Gasteiger partial charge on any atom is 0.289 e. The summed E-state index contributed by atoms with van der Waals surface area (Å²) in [5, 5.41) is 20.0. The lowest BCUT2D eigenvalue weighted by Crippen LogP contribution is -2.47. The third kappa shape index (κ3) is 4.29. The lowest BCUT2D eigenvalue weighted by atomic mass is 10.1. The van der Waals surface area contributed by atoms with Crippen molar-refractivity contribution in [1.29, 1.82) is 0 Å². The van der Waals surface area contributed by atoms with Gasteiger partial charge in [0.05, 0.1) is 4.92 Å². The van der Waals surface area contributed by atoms with Crippen molar-refractivity contribution < 1.29 is 18.4 Å². The van der Waals surface area contributed by atoms with E-state index in [1.807, 2.05) is 0 Å². The highest BCUT2D eigenvalue weighted by molar-refractivity contribution is 7.89. The number of nitro groups is 1. The number of nitro benzene ring substituents is 1. The van der Waals surface area contributed by atoms with Crippen LogP contribution < -0.4 is 4.72 Å². The molecule has 2 atom stereocenters. The second-order valence-electron chi connectivity index (χ2n) is 5.96. The fraction of sp³-hybridized carbons (Fsp3) is 0.600. The molecule has 134 valence electrons. The molecule has 1 heterocycles. The molecule has 1 aromatic rings. The van der Waals surface area contributed by atoms with Crippen LogP contribution in [0, 0.1) is 10.1 Å². The van der Waals surface area contributed by atoms with Crippen molar-refractivity contribution >= 4 is 15.7 Å². The van der Waals surface area contributed by atoms with Gasteiger partial charge in [-0.15, -0.1) is 0 Å². The summed E-state index contributed by atoms with van der Waals surface area (Å²) < 4.78 is 27.7. The van der Waals surface area contributed by atoms with Crippen molar-refractivity contribution in [2.75, 3.05) is 19.7 Å². The Kier molecular flexibility index (Phi) is 6.27. The lowest BCUT2D eigenvalue weighted by molar-refractivity contribution is -0.387. The Hall–Kier alpha value is -1.55. The number of benzene rings is 1. The summed E-state index contributed by atoms with van der Waals surface area (Å²) >= 11 is 0. The first kappa shape index (κ1) is 18.8. The van der Waals surface area contributed by atoms with Gasteiger partial charge in [-0.3, -0.25) is 15.0 Å². The van der Waals surface area contributed by atoms with Gasteiger partial charge in [0.15, 0.2) is 4.90 Å². The van der Waals surface area contributed by atoms with Crippen LogP contribution in [-0.4, -0.2) is 55.1 Å². The maximum absolute atomic E-state index is 12.6. The monoisotopic (exact) mass is 357 g/mol. The molecule has 0 unspecified atom stereocenters. The van der Waals surface area contributed by atoms with Crippen LogP contribution in [0.15, 0.2) is 29.2 Å². The molecule has 1 aromatic carbocycles.